The zero-order chi connectivity index (χ0) is 22.6. The minimum atomic E-state index is -0.430. The van der Waals surface area contributed by atoms with Crippen LogP contribution >= 0.6 is 0 Å². The van der Waals surface area contributed by atoms with Gasteiger partial charge in [0.25, 0.3) is 5.91 Å². The van der Waals surface area contributed by atoms with Gasteiger partial charge in [0.2, 0.25) is 0 Å². The lowest BCUT2D eigenvalue weighted by atomic mass is 10.1. The van der Waals surface area contributed by atoms with Crippen LogP contribution in [0.25, 0.3) is 11.3 Å². The molecule has 7 heteroatoms. The summed E-state index contributed by atoms with van der Waals surface area (Å²) in [6, 6.07) is 20.9. The third kappa shape index (κ3) is 4.57. The first-order valence-electron chi connectivity index (χ1n) is 10.9. The minimum Gasteiger partial charge on any atom is -0.340 e. The average molecular weight is 439 g/mol. The van der Waals surface area contributed by atoms with E-state index < -0.39 is 5.82 Å². The van der Waals surface area contributed by atoms with Gasteiger partial charge in [-0.2, -0.15) is 0 Å². The van der Waals surface area contributed by atoms with Gasteiger partial charge in [-0.25, -0.2) is 14.4 Å². The van der Waals surface area contributed by atoms with Gasteiger partial charge >= 0.3 is 0 Å². The number of nitrogens with zero attached hydrogens (tertiary/aromatic N) is 4. The molecule has 1 aliphatic rings. The maximum absolute atomic E-state index is 13.7. The summed E-state index contributed by atoms with van der Waals surface area (Å²) in [6.45, 7) is 0.571. The summed E-state index contributed by atoms with van der Waals surface area (Å²) >= 11 is 0. The van der Waals surface area contributed by atoms with Crippen LogP contribution in [0, 0.1) is 5.82 Å². The fraction of sp³-hybridized carbons (Fsp3) is 0.154. The molecule has 1 aliphatic heterocycles. The van der Waals surface area contributed by atoms with Crippen molar-refractivity contribution in [1.82, 2.24) is 19.9 Å². The molecule has 0 aliphatic carbocycles. The Morgan fingerprint density at radius 3 is 2.67 bits per heavy atom. The molecular weight excluding hydrogens is 417 g/mol. The van der Waals surface area contributed by atoms with Crippen LogP contribution in [0.5, 0.6) is 0 Å². The number of carbonyl (C=O) groups excluding carboxylic acids is 1. The van der Waals surface area contributed by atoms with E-state index in [2.05, 4.69) is 10.3 Å². The van der Waals surface area contributed by atoms with Crippen molar-refractivity contribution in [2.75, 3.05) is 11.9 Å². The molecule has 1 N–H and O–H groups in total. The van der Waals surface area contributed by atoms with Gasteiger partial charge in [-0.1, -0.05) is 24.3 Å². The van der Waals surface area contributed by atoms with Crippen molar-refractivity contribution >= 4 is 17.4 Å². The monoisotopic (exact) mass is 439 g/mol. The zero-order valence-electron chi connectivity index (χ0n) is 17.9. The quantitative estimate of drug-likeness (QED) is 0.451. The van der Waals surface area contributed by atoms with Crippen LogP contribution in [0.15, 0.2) is 85.2 Å². The third-order valence-corrected chi connectivity index (χ3v) is 5.63. The van der Waals surface area contributed by atoms with E-state index in [-0.39, 0.29) is 11.9 Å². The van der Waals surface area contributed by atoms with E-state index in [1.807, 2.05) is 48.5 Å². The van der Waals surface area contributed by atoms with Gasteiger partial charge in [0.05, 0.1) is 11.7 Å². The van der Waals surface area contributed by atoms with Crippen LogP contribution in [0.3, 0.4) is 0 Å². The number of halogens is 1. The minimum absolute atomic E-state index is 0.218. The number of benzene rings is 2. The number of likely N-dealkylation sites (tertiary alicyclic amines) is 1. The van der Waals surface area contributed by atoms with E-state index in [1.54, 1.807) is 29.4 Å². The Balaban J connectivity index is 1.53. The second kappa shape index (κ2) is 9.16. The number of anilines is 2. The fourth-order valence-corrected chi connectivity index (χ4v) is 4.08. The van der Waals surface area contributed by atoms with Gasteiger partial charge < -0.3 is 10.2 Å². The highest BCUT2D eigenvalue weighted by Gasteiger charge is 2.33. The van der Waals surface area contributed by atoms with Crippen LogP contribution in [-0.2, 0) is 0 Å². The van der Waals surface area contributed by atoms with Gasteiger partial charge in [-0.05, 0) is 55.3 Å². The molecule has 5 rings (SSSR count). The Bertz CT molecular complexity index is 1270. The number of aromatic nitrogens is 3. The Kier molecular flexibility index (Phi) is 5.76. The largest absolute Gasteiger partial charge is 0.340 e. The first-order valence-corrected chi connectivity index (χ1v) is 10.9. The maximum Gasteiger partial charge on any atom is 0.254 e. The maximum atomic E-state index is 13.7. The van der Waals surface area contributed by atoms with Crippen molar-refractivity contribution in [3.05, 3.63) is 102 Å². The predicted octanol–water partition coefficient (Wildman–Crippen LogP) is 5.40. The van der Waals surface area contributed by atoms with Crippen molar-refractivity contribution in [3.63, 3.8) is 0 Å². The summed E-state index contributed by atoms with van der Waals surface area (Å²) < 4.78 is 13.7. The summed E-state index contributed by atoms with van der Waals surface area (Å²) in [7, 11) is 0. The summed E-state index contributed by atoms with van der Waals surface area (Å²) in [4.78, 5) is 28.7. The molecule has 1 amide bonds. The Morgan fingerprint density at radius 2 is 1.88 bits per heavy atom. The molecule has 3 heterocycles. The molecule has 0 spiro atoms. The number of nitrogens with one attached hydrogen (secondary N) is 1. The molecule has 0 saturated carbocycles. The Labute approximate surface area is 191 Å². The van der Waals surface area contributed by atoms with Crippen molar-refractivity contribution in [3.8, 4) is 11.3 Å². The van der Waals surface area contributed by atoms with Crippen molar-refractivity contribution in [1.29, 1.82) is 0 Å². The number of hydrogen-bond donors (Lipinski definition) is 1. The van der Waals surface area contributed by atoms with Crippen molar-refractivity contribution in [2.24, 2.45) is 0 Å². The van der Waals surface area contributed by atoms with E-state index in [9.17, 15) is 9.18 Å². The summed E-state index contributed by atoms with van der Waals surface area (Å²) in [5.74, 6) is 0.540. The third-order valence-electron chi connectivity index (χ3n) is 5.63. The molecule has 0 unspecified atom stereocenters. The number of amides is 1. The average Bonchev–Trinajstić information content (AvgIpc) is 3.35. The van der Waals surface area contributed by atoms with Crippen LogP contribution in [0.4, 0.5) is 15.9 Å². The SMILES string of the molecule is O=C(c1cccc(F)c1)N1CCC[C@@H]1c1nc(Nc2ccccc2)cc(-c2cccnc2)n1. The normalized spacial score (nSPS) is 15.4. The molecular formula is C26H22FN5O. The van der Waals surface area contributed by atoms with Crippen molar-refractivity contribution in [2.45, 2.75) is 18.9 Å². The molecule has 1 atom stereocenters. The molecule has 1 fully saturated rings. The lowest BCUT2D eigenvalue weighted by molar-refractivity contribution is 0.0729. The van der Waals surface area contributed by atoms with Gasteiger partial charge in [0.15, 0.2) is 5.82 Å². The highest BCUT2D eigenvalue weighted by Crippen LogP contribution is 2.33. The smallest absolute Gasteiger partial charge is 0.254 e. The second-order valence-corrected chi connectivity index (χ2v) is 7.90. The van der Waals surface area contributed by atoms with Gasteiger partial charge in [0, 0.05) is 41.8 Å². The molecule has 1 saturated heterocycles. The van der Waals surface area contributed by atoms with E-state index in [4.69, 9.17) is 9.97 Å². The second-order valence-electron chi connectivity index (χ2n) is 7.90. The molecule has 0 bridgehead atoms. The molecule has 4 aromatic rings. The topological polar surface area (TPSA) is 71.0 Å². The van der Waals surface area contributed by atoms with E-state index in [0.29, 0.717) is 23.8 Å². The Morgan fingerprint density at radius 1 is 1.00 bits per heavy atom. The number of rotatable bonds is 5. The first-order chi connectivity index (χ1) is 16.2. The number of pyridine rings is 1. The van der Waals surface area contributed by atoms with Crippen LogP contribution < -0.4 is 5.32 Å². The lowest BCUT2D eigenvalue weighted by Gasteiger charge is -2.24. The highest BCUT2D eigenvalue weighted by atomic mass is 19.1. The van der Waals surface area contributed by atoms with E-state index in [0.717, 1.165) is 29.8 Å². The first kappa shape index (κ1) is 20.8. The van der Waals surface area contributed by atoms with Gasteiger partial charge in [-0.15, -0.1) is 0 Å². The summed E-state index contributed by atoms with van der Waals surface area (Å²) in [5.41, 5.74) is 2.81. The summed E-state index contributed by atoms with van der Waals surface area (Å²) in [5, 5.41) is 3.34. The molecule has 164 valence electrons. The standard InChI is InChI=1S/C26H22FN5O/c27-20-9-4-7-18(15-20)26(33)32-14-6-12-23(32)25-30-22(19-8-5-13-28-17-19)16-24(31-25)29-21-10-2-1-3-11-21/h1-5,7-11,13,15-17,23H,6,12,14H2,(H,29,30,31)/t23-/m1/s1. The van der Waals surface area contributed by atoms with Crippen LogP contribution in [-0.4, -0.2) is 32.3 Å². The Hall–Kier alpha value is -4.13. The number of carbonyl (C=O) groups is 1. The molecule has 2 aromatic carbocycles. The number of para-hydroxylation sites is 1. The molecule has 33 heavy (non-hydrogen) atoms. The fourth-order valence-electron chi connectivity index (χ4n) is 4.08. The van der Waals surface area contributed by atoms with Crippen molar-refractivity contribution < 1.29 is 9.18 Å². The van der Waals surface area contributed by atoms with E-state index >= 15 is 0 Å². The molecule has 2 aromatic heterocycles. The van der Waals surface area contributed by atoms with E-state index in [1.165, 1.54) is 12.1 Å². The van der Waals surface area contributed by atoms with Gasteiger partial charge in [0.1, 0.15) is 11.6 Å². The van der Waals surface area contributed by atoms with Crippen LogP contribution in [0.1, 0.15) is 35.1 Å². The predicted molar refractivity (Wildman–Crippen MR) is 124 cm³/mol. The molecule has 0 radical (unpaired) electrons. The van der Waals surface area contributed by atoms with Crippen LogP contribution in [0.2, 0.25) is 0 Å². The lowest BCUT2D eigenvalue weighted by Crippen LogP contribution is -2.31. The van der Waals surface area contributed by atoms with Gasteiger partial charge in [-0.3, -0.25) is 9.78 Å². The zero-order valence-corrected chi connectivity index (χ0v) is 17.9. The molecule has 6 nitrogen and oxygen atoms in total. The summed E-state index contributed by atoms with van der Waals surface area (Å²) in [6.07, 6.45) is 5.03. The highest BCUT2D eigenvalue weighted by molar-refractivity contribution is 5.94. The number of hydrogen-bond acceptors (Lipinski definition) is 5.